The monoisotopic (exact) mass is 238 g/mol. The van der Waals surface area contributed by atoms with E-state index in [0.29, 0.717) is 6.54 Å². The lowest BCUT2D eigenvalue weighted by atomic mass is 10.2. The highest BCUT2D eigenvalue weighted by molar-refractivity contribution is 5.88. The number of methoxy groups -OCH3 is 2. The van der Waals surface area contributed by atoms with Gasteiger partial charge in [-0.15, -0.1) is 0 Å². The quantitative estimate of drug-likeness (QED) is 0.740. The minimum Gasteiger partial charge on any atom is -0.380 e. The molecule has 1 amide bonds. The second-order valence-corrected chi connectivity index (χ2v) is 3.54. The summed E-state index contributed by atoms with van der Waals surface area (Å²) in [5.74, 6) is -0.0791. The lowest BCUT2D eigenvalue weighted by Crippen LogP contribution is -2.23. The highest BCUT2D eigenvalue weighted by Crippen LogP contribution is 2.13. The average Bonchev–Trinajstić information content (AvgIpc) is 2.32. The van der Waals surface area contributed by atoms with E-state index in [9.17, 15) is 4.79 Å². The number of nitrogens with one attached hydrogen (secondary N) is 2. The summed E-state index contributed by atoms with van der Waals surface area (Å²) in [6, 6.07) is 7.43. The molecule has 0 aliphatic rings. The fourth-order valence-corrected chi connectivity index (χ4v) is 1.34. The SMILES string of the molecule is COC(CNc1ccc(NC(C)=O)cc1)OC. The van der Waals surface area contributed by atoms with E-state index in [1.54, 1.807) is 14.2 Å². The van der Waals surface area contributed by atoms with Crippen LogP contribution < -0.4 is 10.6 Å². The van der Waals surface area contributed by atoms with Gasteiger partial charge in [0.15, 0.2) is 6.29 Å². The molecule has 0 radical (unpaired) electrons. The Bertz CT molecular complexity index is 347. The lowest BCUT2D eigenvalue weighted by Gasteiger charge is -2.15. The fourth-order valence-electron chi connectivity index (χ4n) is 1.34. The Balaban J connectivity index is 2.47. The molecule has 0 fully saturated rings. The van der Waals surface area contributed by atoms with Crippen molar-refractivity contribution in [3.05, 3.63) is 24.3 Å². The normalized spacial score (nSPS) is 10.4. The number of carbonyl (C=O) groups excluding carboxylic acids is 1. The van der Waals surface area contributed by atoms with E-state index < -0.39 is 0 Å². The van der Waals surface area contributed by atoms with Crippen molar-refractivity contribution in [2.75, 3.05) is 31.4 Å². The van der Waals surface area contributed by atoms with Crippen molar-refractivity contribution < 1.29 is 14.3 Å². The van der Waals surface area contributed by atoms with E-state index in [-0.39, 0.29) is 12.2 Å². The second kappa shape index (κ2) is 6.88. The molecule has 1 rings (SSSR count). The summed E-state index contributed by atoms with van der Waals surface area (Å²) in [4.78, 5) is 10.8. The summed E-state index contributed by atoms with van der Waals surface area (Å²) in [5, 5.41) is 5.87. The molecule has 0 saturated carbocycles. The second-order valence-electron chi connectivity index (χ2n) is 3.54. The van der Waals surface area contributed by atoms with Crippen molar-refractivity contribution in [1.82, 2.24) is 0 Å². The van der Waals surface area contributed by atoms with Gasteiger partial charge in [-0.05, 0) is 24.3 Å². The van der Waals surface area contributed by atoms with E-state index >= 15 is 0 Å². The van der Waals surface area contributed by atoms with Crippen molar-refractivity contribution in [3.8, 4) is 0 Å². The summed E-state index contributed by atoms with van der Waals surface area (Å²) in [6.07, 6.45) is -0.273. The molecule has 5 nitrogen and oxygen atoms in total. The molecule has 1 aromatic carbocycles. The minimum absolute atomic E-state index is 0.0791. The predicted molar refractivity (Wildman–Crippen MR) is 67.0 cm³/mol. The molecule has 0 aliphatic heterocycles. The van der Waals surface area contributed by atoms with Crippen molar-refractivity contribution in [3.63, 3.8) is 0 Å². The molecule has 5 heteroatoms. The van der Waals surface area contributed by atoms with Gasteiger partial charge in [0, 0.05) is 32.5 Å². The fraction of sp³-hybridized carbons (Fsp3) is 0.417. The van der Waals surface area contributed by atoms with Gasteiger partial charge in [-0.3, -0.25) is 4.79 Å². The average molecular weight is 238 g/mol. The summed E-state index contributed by atoms with van der Waals surface area (Å²) in [7, 11) is 3.19. The third-order valence-electron chi connectivity index (χ3n) is 2.20. The van der Waals surface area contributed by atoms with E-state index in [0.717, 1.165) is 11.4 Å². The van der Waals surface area contributed by atoms with E-state index in [2.05, 4.69) is 10.6 Å². The number of benzene rings is 1. The van der Waals surface area contributed by atoms with Gasteiger partial charge in [0.25, 0.3) is 0 Å². The van der Waals surface area contributed by atoms with E-state index in [1.165, 1.54) is 6.92 Å². The first-order valence-electron chi connectivity index (χ1n) is 5.33. The van der Waals surface area contributed by atoms with Crippen LogP contribution in [0.4, 0.5) is 11.4 Å². The largest absolute Gasteiger partial charge is 0.380 e. The van der Waals surface area contributed by atoms with Gasteiger partial charge in [-0.25, -0.2) is 0 Å². The van der Waals surface area contributed by atoms with Crippen LogP contribution in [0, 0.1) is 0 Å². The topological polar surface area (TPSA) is 59.6 Å². The van der Waals surface area contributed by atoms with E-state index in [1.807, 2.05) is 24.3 Å². The molecular weight excluding hydrogens is 220 g/mol. The van der Waals surface area contributed by atoms with Crippen molar-refractivity contribution in [1.29, 1.82) is 0 Å². The number of hydrogen-bond donors (Lipinski definition) is 2. The van der Waals surface area contributed by atoms with E-state index in [4.69, 9.17) is 9.47 Å². The lowest BCUT2D eigenvalue weighted by molar-refractivity contribution is -0.114. The van der Waals surface area contributed by atoms with Gasteiger partial charge >= 0.3 is 0 Å². The predicted octanol–water partition coefficient (Wildman–Crippen LogP) is 1.68. The van der Waals surface area contributed by atoms with Gasteiger partial charge in [-0.1, -0.05) is 0 Å². The van der Waals surface area contributed by atoms with Crippen LogP contribution in [0.1, 0.15) is 6.92 Å². The number of ether oxygens (including phenoxy) is 2. The Morgan fingerprint density at radius 2 is 1.71 bits per heavy atom. The minimum atomic E-state index is -0.273. The third kappa shape index (κ3) is 4.84. The van der Waals surface area contributed by atoms with Crippen LogP contribution in [0.15, 0.2) is 24.3 Å². The maximum absolute atomic E-state index is 10.8. The van der Waals surface area contributed by atoms with Crippen LogP contribution >= 0.6 is 0 Å². The molecule has 0 aromatic heterocycles. The van der Waals surface area contributed by atoms with Crippen molar-refractivity contribution in [2.24, 2.45) is 0 Å². The standard InChI is InChI=1S/C12H18N2O3/c1-9(15)14-11-6-4-10(5-7-11)13-8-12(16-2)17-3/h4-7,12-13H,8H2,1-3H3,(H,14,15). The van der Waals surface area contributed by atoms with Gasteiger partial charge in [0.2, 0.25) is 5.91 Å². The summed E-state index contributed by atoms with van der Waals surface area (Å²) >= 11 is 0. The Morgan fingerprint density at radius 3 is 2.18 bits per heavy atom. The molecule has 2 N–H and O–H groups in total. The van der Waals surface area contributed by atoms with Crippen LogP contribution in [0.2, 0.25) is 0 Å². The maximum Gasteiger partial charge on any atom is 0.221 e. The Hall–Kier alpha value is -1.59. The number of hydrogen-bond acceptors (Lipinski definition) is 4. The molecular formula is C12H18N2O3. The molecule has 0 heterocycles. The molecule has 0 atom stereocenters. The molecule has 0 saturated heterocycles. The third-order valence-corrected chi connectivity index (χ3v) is 2.20. The van der Waals surface area contributed by atoms with Gasteiger partial charge in [-0.2, -0.15) is 0 Å². The molecule has 94 valence electrons. The first kappa shape index (κ1) is 13.5. The van der Waals surface area contributed by atoms with Crippen LogP contribution in [-0.4, -0.2) is 33.0 Å². The Morgan fingerprint density at radius 1 is 1.18 bits per heavy atom. The zero-order valence-electron chi connectivity index (χ0n) is 10.3. The Labute approximate surface area is 101 Å². The van der Waals surface area contributed by atoms with Gasteiger partial charge < -0.3 is 20.1 Å². The summed E-state index contributed by atoms with van der Waals surface area (Å²) < 4.78 is 10.1. The zero-order valence-corrected chi connectivity index (χ0v) is 10.3. The Kier molecular flexibility index (Phi) is 5.45. The van der Waals surface area contributed by atoms with Gasteiger partial charge in [0.1, 0.15) is 0 Å². The molecule has 0 aliphatic carbocycles. The van der Waals surface area contributed by atoms with Crippen LogP contribution in [0.25, 0.3) is 0 Å². The van der Waals surface area contributed by atoms with Crippen LogP contribution in [0.5, 0.6) is 0 Å². The smallest absolute Gasteiger partial charge is 0.221 e. The number of rotatable bonds is 6. The number of carbonyl (C=O) groups is 1. The highest BCUT2D eigenvalue weighted by Gasteiger charge is 2.04. The van der Waals surface area contributed by atoms with Crippen LogP contribution in [-0.2, 0) is 14.3 Å². The highest BCUT2D eigenvalue weighted by atomic mass is 16.7. The summed E-state index contributed by atoms with van der Waals surface area (Å²) in [6.45, 7) is 2.04. The molecule has 17 heavy (non-hydrogen) atoms. The zero-order chi connectivity index (χ0) is 12.7. The first-order valence-corrected chi connectivity index (χ1v) is 5.33. The molecule has 0 unspecified atom stereocenters. The van der Waals surface area contributed by atoms with Crippen molar-refractivity contribution >= 4 is 17.3 Å². The number of anilines is 2. The molecule has 0 spiro atoms. The first-order chi connectivity index (χ1) is 8.15. The molecule has 0 bridgehead atoms. The van der Waals surface area contributed by atoms with Crippen LogP contribution in [0.3, 0.4) is 0 Å². The van der Waals surface area contributed by atoms with Gasteiger partial charge in [0.05, 0.1) is 6.54 Å². The molecule has 1 aromatic rings. The summed E-state index contributed by atoms with van der Waals surface area (Å²) in [5.41, 5.74) is 1.72. The number of amides is 1. The maximum atomic E-state index is 10.8. The van der Waals surface area contributed by atoms with Crippen molar-refractivity contribution in [2.45, 2.75) is 13.2 Å².